The van der Waals surface area contributed by atoms with Gasteiger partial charge in [-0.1, -0.05) is 13.0 Å². The van der Waals surface area contributed by atoms with Crippen molar-refractivity contribution in [2.24, 2.45) is 5.73 Å². The van der Waals surface area contributed by atoms with Gasteiger partial charge in [-0.15, -0.1) is 0 Å². The molecule has 0 bridgehead atoms. The number of nitrogens with zero attached hydrogens (tertiary/aromatic N) is 1. The van der Waals surface area contributed by atoms with Crippen LogP contribution in [0.5, 0.6) is 5.75 Å². The van der Waals surface area contributed by atoms with Crippen LogP contribution in [0.3, 0.4) is 0 Å². The fraction of sp³-hybridized carbons (Fsp3) is 0.533. The highest BCUT2D eigenvalue weighted by atomic mass is 16.5. The number of fused-ring (bicyclic) bond motifs is 1. The Labute approximate surface area is 119 Å². The first kappa shape index (κ1) is 14.8. The second-order valence-corrected chi connectivity index (χ2v) is 4.81. The standard InChI is InChI=1S/C15H22N2O3/c1-3-12-4-5-14-13(10-12)17(7-9-19-8-6-16)15(18)11(2)20-14/h4-5,10-11H,3,6-9,16H2,1-2H3. The fourth-order valence-electron chi connectivity index (χ4n) is 2.24. The van der Waals surface area contributed by atoms with E-state index in [2.05, 4.69) is 6.92 Å². The number of rotatable bonds is 6. The van der Waals surface area contributed by atoms with Crippen molar-refractivity contribution in [3.05, 3.63) is 23.8 Å². The molecule has 1 amide bonds. The summed E-state index contributed by atoms with van der Waals surface area (Å²) in [4.78, 5) is 14.0. The third-order valence-electron chi connectivity index (χ3n) is 3.36. The lowest BCUT2D eigenvalue weighted by molar-refractivity contribution is -0.125. The molecular formula is C15H22N2O3. The molecule has 0 spiro atoms. The number of carbonyl (C=O) groups excluding carboxylic acids is 1. The molecule has 1 atom stereocenters. The molecule has 0 aliphatic carbocycles. The third-order valence-corrected chi connectivity index (χ3v) is 3.36. The van der Waals surface area contributed by atoms with E-state index in [1.54, 1.807) is 11.8 Å². The summed E-state index contributed by atoms with van der Waals surface area (Å²) in [5.41, 5.74) is 7.41. The summed E-state index contributed by atoms with van der Waals surface area (Å²) in [6.45, 7) is 5.86. The molecule has 2 N–H and O–H groups in total. The number of carbonyl (C=O) groups is 1. The number of benzene rings is 1. The molecule has 0 radical (unpaired) electrons. The summed E-state index contributed by atoms with van der Waals surface area (Å²) >= 11 is 0. The Kier molecular flexibility index (Phi) is 4.98. The van der Waals surface area contributed by atoms with Gasteiger partial charge in [0.1, 0.15) is 5.75 Å². The summed E-state index contributed by atoms with van der Waals surface area (Å²) in [5.74, 6) is 0.732. The second kappa shape index (κ2) is 6.72. The van der Waals surface area contributed by atoms with Gasteiger partial charge in [0.2, 0.25) is 0 Å². The monoisotopic (exact) mass is 278 g/mol. The van der Waals surface area contributed by atoms with Crippen molar-refractivity contribution in [1.82, 2.24) is 0 Å². The van der Waals surface area contributed by atoms with Crippen LogP contribution >= 0.6 is 0 Å². The van der Waals surface area contributed by atoms with E-state index in [0.29, 0.717) is 26.3 Å². The van der Waals surface area contributed by atoms with Gasteiger partial charge in [-0.3, -0.25) is 4.79 Å². The van der Waals surface area contributed by atoms with Crippen LogP contribution in [0.2, 0.25) is 0 Å². The number of hydrogen-bond donors (Lipinski definition) is 1. The van der Waals surface area contributed by atoms with Crippen LogP contribution in [0.4, 0.5) is 5.69 Å². The Balaban J connectivity index is 2.18. The minimum Gasteiger partial charge on any atom is -0.479 e. The highest BCUT2D eigenvalue weighted by molar-refractivity contribution is 5.99. The molecule has 1 aliphatic heterocycles. The summed E-state index contributed by atoms with van der Waals surface area (Å²) in [6.07, 6.45) is 0.471. The normalized spacial score (nSPS) is 17.9. The van der Waals surface area contributed by atoms with Crippen molar-refractivity contribution in [3.8, 4) is 5.75 Å². The van der Waals surface area contributed by atoms with Crippen LogP contribution in [-0.2, 0) is 16.0 Å². The zero-order valence-electron chi connectivity index (χ0n) is 12.1. The summed E-state index contributed by atoms with van der Waals surface area (Å²) in [6, 6.07) is 5.98. The molecule has 1 unspecified atom stereocenters. The third kappa shape index (κ3) is 3.11. The molecule has 5 heteroatoms. The Bertz CT molecular complexity index is 476. The summed E-state index contributed by atoms with van der Waals surface area (Å²) in [5, 5.41) is 0. The molecule has 5 nitrogen and oxygen atoms in total. The van der Waals surface area contributed by atoms with Gasteiger partial charge >= 0.3 is 0 Å². The van der Waals surface area contributed by atoms with Gasteiger partial charge in [-0.2, -0.15) is 0 Å². The maximum absolute atomic E-state index is 12.3. The number of aryl methyl sites for hydroxylation is 1. The lowest BCUT2D eigenvalue weighted by atomic mass is 10.1. The molecule has 1 heterocycles. The molecule has 2 rings (SSSR count). The minimum absolute atomic E-state index is 0.0258. The Morgan fingerprint density at radius 2 is 2.20 bits per heavy atom. The van der Waals surface area contributed by atoms with Gasteiger partial charge in [0.25, 0.3) is 5.91 Å². The first-order valence-electron chi connectivity index (χ1n) is 7.06. The van der Waals surface area contributed by atoms with Crippen molar-refractivity contribution >= 4 is 11.6 Å². The number of ether oxygens (including phenoxy) is 2. The van der Waals surface area contributed by atoms with Gasteiger partial charge in [0.05, 0.1) is 18.9 Å². The summed E-state index contributed by atoms with van der Waals surface area (Å²) in [7, 11) is 0. The predicted molar refractivity (Wildman–Crippen MR) is 78.1 cm³/mol. The van der Waals surface area contributed by atoms with Crippen molar-refractivity contribution in [3.63, 3.8) is 0 Å². The number of hydrogen-bond acceptors (Lipinski definition) is 4. The van der Waals surface area contributed by atoms with Crippen LogP contribution in [0.1, 0.15) is 19.4 Å². The fourth-order valence-corrected chi connectivity index (χ4v) is 2.24. The summed E-state index contributed by atoms with van der Waals surface area (Å²) < 4.78 is 11.0. The molecule has 0 fully saturated rings. The van der Waals surface area contributed by atoms with Crippen LogP contribution < -0.4 is 15.4 Å². The van der Waals surface area contributed by atoms with Crippen molar-refractivity contribution in [1.29, 1.82) is 0 Å². The Hall–Kier alpha value is -1.59. The first-order valence-corrected chi connectivity index (χ1v) is 7.06. The largest absolute Gasteiger partial charge is 0.479 e. The van der Waals surface area contributed by atoms with E-state index in [4.69, 9.17) is 15.2 Å². The van der Waals surface area contributed by atoms with Crippen molar-refractivity contribution < 1.29 is 14.3 Å². The van der Waals surface area contributed by atoms with Gasteiger partial charge in [-0.05, 0) is 31.0 Å². The number of anilines is 1. The highest BCUT2D eigenvalue weighted by Gasteiger charge is 2.31. The van der Waals surface area contributed by atoms with E-state index < -0.39 is 6.10 Å². The predicted octanol–water partition coefficient (Wildman–Crippen LogP) is 1.34. The molecule has 1 aromatic carbocycles. The molecule has 20 heavy (non-hydrogen) atoms. The number of amides is 1. The zero-order valence-corrected chi connectivity index (χ0v) is 12.1. The quantitative estimate of drug-likeness (QED) is 0.798. The lowest BCUT2D eigenvalue weighted by Gasteiger charge is -2.33. The molecule has 1 aliphatic rings. The smallest absolute Gasteiger partial charge is 0.267 e. The molecule has 0 aromatic heterocycles. The van der Waals surface area contributed by atoms with Gasteiger partial charge in [0.15, 0.2) is 6.10 Å². The van der Waals surface area contributed by atoms with E-state index in [9.17, 15) is 4.79 Å². The van der Waals surface area contributed by atoms with Gasteiger partial charge in [0, 0.05) is 13.1 Å². The zero-order chi connectivity index (χ0) is 14.5. The SMILES string of the molecule is CCc1ccc2c(c1)N(CCOCCN)C(=O)C(C)O2. The van der Waals surface area contributed by atoms with Crippen molar-refractivity contribution in [2.45, 2.75) is 26.4 Å². The average Bonchev–Trinajstić information content (AvgIpc) is 2.46. The maximum Gasteiger partial charge on any atom is 0.267 e. The van der Waals surface area contributed by atoms with E-state index in [0.717, 1.165) is 17.9 Å². The Morgan fingerprint density at radius 1 is 1.40 bits per heavy atom. The maximum atomic E-state index is 12.3. The van der Waals surface area contributed by atoms with Crippen LogP contribution in [0, 0.1) is 0 Å². The van der Waals surface area contributed by atoms with Crippen LogP contribution in [0.15, 0.2) is 18.2 Å². The number of nitrogens with two attached hydrogens (primary N) is 1. The van der Waals surface area contributed by atoms with Crippen LogP contribution in [0.25, 0.3) is 0 Å². The van der Waals surface area contributed by atoms with Crippen molar-refractivity contribution in [2.75, 3.05) is 31.2 Å². The lowest BCUT2D eigenvalue weighted by Crippen LogP contribution is -2.46. The van der Waals surface area contributed by atoms with Crippen LogP contribution in [-0.4, -0.2) is 38.3 Å². The average molecular weight is 278 g/mol. The second-order valence-electron chi connectivity index (χ2n) is 4.81. The van der Waals surface area contributed by atoms with E-state index in [1.807, 2.05) is 18.2 Å². The molecular weight excluding hydrogens is 256 g/mol. The molecule has 1 aromatic rings. The first-order chi connectivity index (χ1) is 9.67. The van der Waals surface area contributed by atoms with E-state index in [-0.39, 0.29) is 5.91 Å². The molecule has 0 saturated heterocycles. The van der Waals surface area contributed by atoms with Gasteiger partial charge in [-0.25, -0.2) is 0 Å². The molecule has 0 saturated carbocycles. The van der Waals surface area contributed by atoms with Gasteiger partial charge < -0.3 is 20.1 Å². The topological polar surface area (TPSA) is 64.8 Å². The minimum atomic E-state index is -0.454. The van der Waals surface area contributed by atoms with E-state index in [1.165, 1.54) is 5.56 Å². The Morgan fingerprint density at radius 3 is 2.90 bits per heavy atom. The van der Waals surface area contributed by atoms with E-state index >= 15 is 0 Å². The molecule has 110 valence electrons. The highest BCUT2D eigenvalue weighted by Crippen LogP contribution is 2.34.